The summed E-state index contributed by atoms with van der Waals surface area (Å²) in [7, 11) is 0. The Morgan fingerprint density at radius 2 is 2.04 bits per heavy atom. The van der Waals surface area contributed by atoms with E-state index in [9.17, 15) is 19.8 Å². The number of ether oxygens (including phenoxy) is 3. The number of amides is 1. The third-order valence-electron chi connectivity index (χ3n) is 4.11. The van der Waals surface area contributed by atoms with Gasteiger partial charge in [0.05, 0.1) is 19.8 Å². The zero-order valence-corrected chi connectivity index (χ0v) is 13.2. The van der Waals surface area contributed by atoms with Gasteiger partial charge in [0.1, 0.15) is 23.9 Å². The SMILES string of the molecule is CCOC(=O)NOC(=O)C(C)=C(C)[C@@]1(O)CO[C@@H]2[C@H](O)CO[C@@H]21. The molecule has 0 spiro atoms. The summed E-state index contributed by atoms with van der Waals surface area (Å²) in [6.45, 7) is 4.68. The van der Waals surface area contributed by atoms with Gasteiger partial charge in [0, 0.05) is 5.57 Å². The molecular formula is C14H21NO8. The fourth-order valence-corrected chi connectivity index (χ4v) is 2.63. The van der Waals surface area contributed by atoms with E-state index >= 15 is 0 Å². The van der Waals surface area contributed by atoms with E-state index in [0.29, 0.717) is 0 Å². The lowest BCUT2D eigenvalue weighted by Crippen LogP contribution is -2.45. The Bertz CT molecular complexity index is 519. The molecule has 1 amide bonds. The fourth-order valence-electron chi connectivity index (χ4n) is 2.63. The summed E-state index contributed by atoms with van der Waals surface area (Å²) in [6.07, 6.45) is -3.12. The van der Waals surface area contributed by atoms with E-state index in [1.807, 2.05) is 5.48 Å². The van der Waals surface area contributed by atoms with Crippen LogP contribution in [-0.4, -0.2) is 66.0 Å². The molecule has 2 aliphatic rings. The second kappa shape index (κ2) is 6.83. The van der Waals surface area contributed by atoms with Crippen LogP contribution >= 0.6 is 0 Å². The number of nitrogens with one attached hydrogen (secondary N) is 1. The first-order valence-corrected chi connectivity index (χ1v) is 7.26. The topological polar surface area (TPSA) is 124 Å². The number of rotatable bonds is 3. The molecule has 0 bridgehead atoms. The van der Waals surface area contributed by atoms with Crippen LogP contribution in [-0.2, 0) is 23.8 Å². The Hall–Kier alpha value is -1.68. The van der Waals surface area contributed by atoms with Gasteiger partial charge < -0.3 is 29.3 Å². The number of carbonyl (C=O) groups is 2. The molecule has 2 aliphatic heterocycles. The van der Waals surface area contributed by atoms with Gasteiger partial charge in [0.25, 0.3) is 0 Å². The van der Waals surface area contributed by atoms with Crippen LogP contribution in [0.25, 0.3) is 0 Å². The average Bonchev–Trinajstić information content (AvgIpc) is 3.06. The van der Waals surface area contributed by atoms with E-state index in [4.69, 9.17) is 9.47 Å². The van der Waals surface area contributed by atoms with Crippen LogP contribution in [0.1, 0.15) is 20.8 Å². The molecule has 2 saturated heterocycles. The lowest BCUT2D eigenvalue weighted by Gasteiger charge is -2.28. The molecule has 0 aromatic carbocycles. The van der Waals surface area contributed by atoms with Crippen LogP contribution in [0.2, 0.25) is 0 Å². The smallest absolute Gasteiger partial charge is 0.440 e. The van der Waals surface area contributed by atoms with Gasteiger partial charge in [-0.3, -0.25) is 0 Å². The summed E-state index contributed by atoms with van der Waals surface area (Å²) in [6, 6.07) is 0. The molecule has 2 rings (SSSR count). The molecule has 0 saturated carbocycles. The van der Waals surface area contributed by atoms with E-state index in [2.05, 4.69) is 9.57 Å². The Balaban J connectivity index is 2.07. The van der Waals surface area contributed by atoms with Gasteiger partial charge in [0.15, 0.2) is 0 Å². The van der Waals surface area contributed by atoms with Gasteiger partial charge in [-0.05, 0) is 26.3 Å². The van der Waals surface area contributed by atoms with Crippen molar-refractivity contribution < 1.29 is 38.9 Å². The highest BCUT2D eigenvalue weighted by Gasteiger charge is 2.57. The quantitative estimate of drug-likeness (QED) is 0.463. The lowest BCUT2D eigenvalue weighted by atomic mass is 9.86. The normalized spacial score (nSPS) is 33.7. The van der Waals surface area contributed by atoms with Crippen molar-refractivity contribution in [2.24, 2.45) is 0 Å². The second-order valence-corrected chi connectivity index (χ2v) is 5.48. The number of fused-ring (bicyclic) bond motifs is 1. The molecule has 2 fully saturated rings. The highest BCUT2D eigenvalue weighted by atomic mass is 16.7. The van der Waals surface area contributed by atoms with Gasteiger partial charge in [-0.25, -0.2) is 9.59 Å². The Morgan fingerprint density at radius 1 is 1.35 bits per heavy atom. The predicted molar refractivity (Wildman–Crippen MR) is 75.1 cm³/mol. The summed E-state index contributed by atoms with van der Waals surface area (Å²) < 4.78 is 15.3. The maximum absolute atomic E-state index is 12.0. The van der Waals surface area contributed by atoms with Crippen LogP contribution in [0.4, 0.5) is 4.79 Å². The highest BCUT2D eigenvalue weighted by Crippen LogP contribution is 2.39. The fraction of sp³-hybridized carbons (Fsp3) is 0.714. The molecule has 9 nitrogen and oxygen atoms in total. The molecule has 0 unspecified atom stereocenters. The molecule has 0 radical (unpaired) electrons. The van der Waals surface area contributed by atoms with Gasteiger partial charge in [-0.1, -0.05) is 0 Å². The number of hydroxylamine groups is 1. The number of aliphatic hydroxyl groups is 2. The van der Waals surface area contributed by atoms with Gasteiger partial charge in [0.2, 0.25) is 0 Å². The highest BCUT2D eigenvalue weighted by molar-refractivity contribution is 5.89. The molecule has 130 valence electrons. The van der Waals surface area contributed by atoms with E-state index < -0.39 is 36.0 Å². The van der Waals surface area contributed by atoms with Gasteiger partial charge in [-0.15, -0.1) is 5.48 Å². The minimum atomic E-state index is -1.55. The van der Waals surface area contributed by atoms with Crippen molar-refractivity contribution in [1.82, 2.24) is 5.48 Å². The number of hydrogen-bond acceptors (Lipinski definition) is 8. The zero-order chi connectivity index (χ0) is 17.2. The van der Waals surface area contributed by atoms with Gasteiger partial charge in [-0.2, -0.15) is 0 Å². The van der Waals surface area contributed by atoms with E-state index in [1.165, 1.54) is 6.92 Å². The number of hydrogen-bond donors (Lipinski definition) is 3. The molecule has 23 heavy (non-hydrogen) atoms. The minimum Gasteiger partial charge on any atom is -0.448 e. The zero-order valence-electron chi connectivity index (χ0n) is 13.2. The van der Waals surface area contributed by atoms with Crippen LogP contribution in [0.15, 0.2) is 11.1 Å². The Morgan fingerprint density at radius 3 is 2.70 bits per heavy atom. The molecule has 3 N–H and O–H groups in total. The first kappa shape index (κ1) is 17.7. The van der Waals surface area contributed by atoms with E-state index in [0.717, 1.165) is 0 Å². The summed E-state index contributed by atoms with van der Waals surface area (Å²) in [4.78, 5) is 27.7. The van der Waals surface area contributed by atoms with Crippen molar-refractivity contribution in [2.45, 2.75) is 44.7 Å². The van der Waals surface area contributed by atoms with Crippen LogP contribution in [0.5, 0.6) is 0 Å². The Labute approximate surface area is 133 Å². The second-order valence-electron chi connectivity index (χ2n) is 5.48. The first-order chi connectivity index (χ1) is 10.8. The maximum atomic E-state index is 12.0. The molecule has 4 atom stereocenters. The third kappa shape index (κ3) is 3.32. The third-order valence-corrected chi connectivity index (χ3v) is 4.11. The van der Waals surface area contributed by atoms with Crippen LogP contribution in [0.3, 0.4) is 0 Å². The van der Waals surface area contributed by atoms with Crippen molar-refractivity contribution in [1.29, 1.82) is 0 Å². The lowest BCUT2D eigenvalue weighted by molar-refractivity contribution is -0.145. The maximum Gasteiger partial charge on any atom is 0.440 e. The molecular weight excluding hydrogens is 310 g/mol. The summed E-state index contributed by atoms with van der Waals surface area (Å²) >= 11 is 0. The van der Waals surface area contributed by atoms with Crippen molar-refractivity contribution in [3.05, 3.63) is 11.1 Å². The first-order valence-electron chi connectivity index (χ1n) is 7.26. The van der Waals surface area contributed by atoms with Crippen molar-refractivity contribution in [3.8, 4) is 0 Å². The van der Waals surface area contributed by atoms with E-state index in [1.54, 1.807) is 13.8 Å². The largest absolute Gasteiger partial charge is 0.448 e. The predicted octanol–water partition coefficient (Wildman–Crippen LogP) is -0.583. The standard InChI is InChI=1S/C14H21NO8/c1-4-20-13(18)15-23-12(17)7(2)8(3)14(19)6-22-10-9(16)5-21-11(10)14/h9-11,16,19H,4-6H2,1-3H3,(H,15,18)/t9-,10-,11+,14+/m1/s1. The summed E-state index contributed by atoms with van der Waals surface area (Å²) in [5, 5.41) is 20.5. The van der Waals surface area contributed by atoms with Crippen LogP contribution < -0.4 is 5.48 Å². The Kier molecular flexibility index (Phi) is 5.25. The van der Waals surface area contributed by atoms with Crippen LogP contribution in [0, 0.1) is 0 Å². The molecule has 9 heteroatoms. The number of aliphatic hydroxyl groups excluding tert-OH is 1. The molecule has 0 aliphatic carbocycles. The monoisotopic (exact) mass is 331 g/mol. The summed E-state index contributed by atoms with van der Waals surface area (Å²) in [5.74, 6) is -0.842. The summed E-state index contributed by atoms with van der Waals surface area (Å²) in [5.41, 5.74) is 0.683. The van der Waals surface area contributed by atoms with Crippen molar-refractivity contribution >= 4 is 12.1 Å². The minimum absolute atomic E-state index is 0.0544. The molecule has 2 heterocycles. The molecule has 0 aromatic heterocycles. The number of carbonyl (C=O) groups excluding carboxylic acids is 2. The molecule has 0 aromatic rings. The average molecular weight is 331 g/mol. The van der Waals surface area contributed by atoms with E-state index in [-0.39, 0.29) is 31.0 Å². The van der Waals surface area contributed by atoms with Crippen molar-refractivity contribution in [2.75, 3.05) is 19.8 Å². The van der Waals surface area contributed by atoms with Gasteiger partial charge >= 0.3 is 12.1 Å². The van der Waals surface area contributed by atoms with Crippen molar-refractivity contribution in [3.63, 3.8) is 0 Å².